The van der Waals surface area contributed by atoms with Crippen LogP contribution >= 0.6 is 0 Å². The molecule has 1 aromatic heterocycles. The molecular formula is C12H17N3O3. The van der Waals surface area contributed by atoms with Gasteiger partial charge in [-0.1, -0.05) is 12.8 Å². The number of aryl methyl sites for hydroxylation is 1. The van der Waals surface area contributed by atoms with Crippen LogP contribution in [0.2, 0.25) is 0 Å². The number of hydrogen-bond acceptors (Lipinski definition) is 4. The highest BCUT2D eigenvalue weighted by Crippen LogP contribution is 2.31. The van der Waals surface area contributed by atoms with E-state index >= 15 is 0 Å². The molecule has 0 atom stereocenters. The molecule has 1 saturated carbocycles. The average Bonchev–Trinajstić information content (AvgIpc) is 2.97. The standard InChI is InChI=1S/C12H17N3O3/c1-8-9(7-13-15-8)10(16)14-12(11(17)18-2)5-3-4-6-12/h7H,3-6H2,1-2H3,(H,13,15)(H,14,16). The number of aromatic nitrogens is 2. The lowest BCUT2D eigenvalue weighted by Gasteiger charge is -2.26. The van der Waals surface area contributed by atoms with E-state index in [0.29, 0.717) is 24.1 Å². The van der Waals surface area contributed by atoms with Crippen molar-refractivity contribution in [3.05, 3.63) is 17.5 Å². The van der Waals surface area contributed by atoms with Crippen LogP contribution in [0.3, 0.4) is 0 Å². The Morgan fingerprint density at radius 3 is 2.61 bits per heavy atom. The number of rotatable bonds is 3. The van der Waals surface area contributed by atoms with Crippen LogP contribution in [0, 0.1) is 6.92 Å². The first-order valence-corrected chi connectivity index (χ1v) is 6.00. The highest BCUT2D eigenvalue weighted by molar-refractivity contribution is 5.98. The van der Waals surface area contributed by atoms with Crippen molar-refractivity contribution in [2.75, 3.05) is 7.11 Å². The third-order valence-corrected chi connectivity index (χ3v) is 3.46. The van der Waals surface area contributed by atoms with Crippen molar-refractivity contribution in [2.24, 2.45) is 0 Å². The number of aromatic amines is 1. The van der Waals surface area contributed by atoms with Gasteiger partial charge in [-0.3, -0.25) is 9.89 Å². The van der Waals surface area contributed by atoms with E-state index in [1.807, 2.05) is 0 Å². The molecule has 2 rings (SSSR count). The van der Waals surface area contributed by atoms with Gasteiger partial charge in [0.1, 0.15) is 5.54 Å². The maximum Gasteiger partial charge on any atom is 0.331 e. The van der Waals surface area contributed by atoms with Gasteiger partial charge in [0.2, 0.25) is 0 Å². The summed E-state index contributed by atoms with van der Waals surface area (Å²) in [6, 6.07) is 0. The number of ether oxygens (including phenoxy) is 1. The predicted octanol–water partition coefficient (Wildman–Crippen LogP) is 0.934. The maximum absolute atomic E-state index is 12.1. The first-order valence-electron chi connectivity index (χ1n) is 6.00. The lowest BCUT2D eigenvalue weighted by molar-refractivity contribution is -0.148. The van der Waals surface area contributed by atoms with Crippen LogP contribution in [0.1, 0.15) is 41.7 Å². The van der Waals surface area contributed by atoms with E-state index < -0.39 is 5.54 Å². The number of H-pyrrole nitrogens is 1. The maximum atomic E-state index is 12.1. The summed E-state index contributed by atoms with van der Waals surface area (Å²) in [5.41, 5.74) is 0.283. The second-order valence-corrected chi connectivity index (χ2v) is 4.64. The number of nitrogens with zero attached hydrogens (tertiary/aromatic N) is 1. The molecule has 2 N–H and O–H groups in total. The molecular weight excluding hydrogens is 234 g/mol. The van der Waals surface area contributed by atoms with E-state index in [1.54, 1.807) is 6.92 Å². The van der Waals surface area contributed by atoms with Crippen molar-refractivity contribution in [3.8, 4) is 0 Å². The Hall–Kier alpha value is -1.85. The Kier molecular flexibility index (Phi) is 3.36. The largest absolute Gasteiger partial charge is 0.467 e. The molecule has 1 aromatic rings. The molecule has 0 spiro atoms. The van der Waals surface area contributed by atoms with Gasteiger partial charge in [-0.15, -0.1) is 0 Å². The predicted molar refractivity (Wildman–Crippen MR) is 64.0 cm³/mol. The van der Waals surface area contributed by atoms with Crippen LogP contribution in [-0.2, 0) is 9.53 Å². The second kappa shape index (κ2) is 4.80. The molecule has 1 heterocycles. The van der Waals surface area contributed by atoms with Crippen molar-refractivity contribution in [1.29, 1.82) is 0 Å². The van der Waals surface area contributed by atoms with E-state index in [1.165, 1.54) is 13.3 Å². The number of amides is 1. The molecule has 0 radical (unpaired) electrons. The number of esters is 1. The van der Waals surface area contributed by atoms with Gasteiger partial charge in [0.25, 0.3) is 5.91 Å². The van der Waals surface area contributed by atoms with E-state index in [0.717, 1.165) is 12.8 Å². The van der Waals surface area contributed by atoms with Crippen molar-refractivity contribution >= 4 is 11.9 Å². The zero-order chi connectivity index (χ0) is 13.2. The summed E-state index contributed by atoms with van der Waals surface area (Å²) in [5, 5.41) is 9.32. The van der Waals surface area contributed by atoms with Gasteiger partial charge >= 0.3 is 5.97 Å². The smallest absolute Gasteiger partial charge is 0.331 e. The van der Waals surface area contributed by atoms with Gasteiger partial charge in [-0.05, 0) is 19.8 Å². The van der Waals surface area contributed by atoms with Crippen molar-refractivity contribution in [2.45, 2.75) is 38.1 Å². The monoisotopic (exact) mass is 251 g/mol. The molecule has 0 aliphatic heterocycles. The molecule has 18 heavy (non-hydrogen) atoms. The van der Waals surface area contributed by atoms with Crippen LogP contribution < -0.4 is 5.32 Å². The van der Waals surface area contributed by atoms with E-state index in [-0.39, 0.29) is 11.9 Å². The van der Waals surface area contributed by atoms with Crippen LogP contribution in [0.4, 0.5) is 0 Å². The quantitative estimate of drug-likeness (QED) is 0.783. The van der Waals surface area contributed by atoms with Crippen molar-refractivity contribution in [3.63, 3.8) is 0 Å². The zero-order valence-corrected chi connectivity index (χ0v) is 10.6. The molecule has 1 aliphatic carbocycles. The summed E-state index contributed by atoms with van der Waals surface area (Å²) in [6.45, 7) is 1.77. The fourth-order valence-electron chi connectivity index (χ4n) is 2.42. The second-order valence-electron chi connectivity index (χ2n) is 4.64. The third kappa shape index (κ3) is 2.10. The van der Waals surface area contributed by atoms with Gasteiger partial charge in [-0.2, -0.15) is 5.10 Å². The summed E-state index contributed by atoms with van der Waals surface area (Å²) >= 11 is 0. The molecule has 98 valence electrons. The molecule has 1 fully saturated rings. The molecule has 6 nitrogen and oxygen atoms in total. The first-order chi connectivity index (χ1) is 8.59. The van der Waals surface area contributed by atoms with Gasteiger partial charge in [-0.25, -0.2) is 4.79 Å². The minimum Gasteiger partial charge on any atom is -0.467 e. The van der Waals surface area contributed by atoms with Crippen LogP contribution in [0.5, 0.6) is 0 Å². The SMILES string of the molecule is COC(=O)C1(NC(=O)c2cn[nH]c2C)CCCC1. The summed E-state index contributed by atoms with van der Waals surface area (Å²) in [5.74, 6) is -0.650. The fraction of sp³-hybridized carbons (Fsp3) is 0.583. The minimum atomic E-state index is -0.866. The summed E-state index contributed by atoms with van der Waals surface area (Å²) < 4.78 is 4.81. The normalized spacial score (nSPS) is 17.4. The number of carbonyl (C=O) groups is 2. The average molecular weight is 251 g/mol. The Bertz CT molecular complexity index is 461. The van der Waals surface area contributed by atoms with Gasteiger partial charge in [0.05, 0.1) is 18.9 Å². The molecule has 1 amide bonds. The van der Waals surface area contributed by atoms with E-state index in [2.05, 4.69) is 15.5 Å². The minimum absolute atomic E-state index is 0.284. The number of carbonyl (C=O) groups excluding carboxylic acids is 2. The Labute approximate surface area is 105 Å². The zero-order valence-electron chi connectivity index (χ0n) is 10.6. The molecule has 0 unspecified atom stereocenters. The van der Waals surface area contributed by atoms with E-state index in [9.17, 15) is 9.59 Å². The number of methoxy groups -OCH3 is 1. The summed E-state index contributed by atoms with van der Waals surface area (Å²) in [7, 11) is 1.34. The Morgan fingerprint density at radius 2 is 2.11 bits per heavy atom. The number of nitrogens with one attached hydrogen (secondary N) is 2. The van der Waals surface area contributed by atoms with Crippen LogP contribution in [0.25, 0.3) is 0 Å². The highest BCUT2D eigenvalue weighted by Gasteiger charge is 2.43. The number of hydrogen-bond donors (Lipinski definition) is 2. The summed E-state index contributed by atoms with van der Waals surface area (Å²) in [6.07, 6.45) is 4.55. The van der Waals surface area contributed by atoms with Crippen molar-refractivity contribution in [1.82, 2.24) is 15.5 Å². The fourth-order valence-corrected chi connectivity index (χ4v) is 2.42. The lowest BCUT2D eigenvalue weighted by atomic mass is 9.97. The Morgan fingerprint density at radius 1 is 1.44 bits per heavy atom. The van der Waals surface area contributed by atoms with Crippen LogP contribution in [0.15, 0.2) is 6.20 Å². The van der Waals surface area contributed by atoms with Gasteiger partial charge in [0, 0.05) is 5.69 Å². The van der Waals surface area contributed by atoms with E-state index in [4.69, 9.17) is 4.74 Å². The summed E-state index contributed by atoms with van der Waals surface area (Å²) in [4.78, 5) is 24.0. The molecule has 6 heteroatoms. The first kappa shape index (κ1) is 12.6. The third-order valence-electron chi connectivity index (χ3n) is 3.46. The Balaban J connectivity index is 2.18. The molecule has 0 aromatic carbocycles. The molecule has 0 saturated heterocycles. The van der Waals surface area contributed by atoms with Gasteiger partial charge in [0.15, 0.2) is 0 Å². The topological polar surface area (TPSA) is 84.1 Å². The molecule has 1 aliphatic rings. The lowest BCUT2D eigenvalue weighted by Crippen LogP contribution is -2.53. The highest BCUT2D eigenvalue weighted by atomic mass is 16.5. The van der Waals surface area contributed by atoms with Crippen molar-refractivity contribution < 1.29 is 14.3 Å². The van der Waals surface area contributed by atoms with Gasteiger partial charge < -0.3 is 10.1 Å². The molecule has 0 bridgehead atoms. The van der Waals surface area contributed by atoms with Crippen LogP contribution in [-0.4, -0.2) is 34.7 Å².